The Labute approximate surface area is 116 Å². The van der Waals surface area contributed by atoms with Gasteiger partial charge in [0.15, 0.2) is 0 Å². The fourth-order valence-corrected chi connectivity index (χ4v) is 2.26. The molecule has 0 aliphatic heterocycles. The molecule has 1 aromatic carbocycles. The van der Waals surface area contributed by atoms with Crippen molar-refractivity contribution >= 4 is 5.97 Å². The molecule has 0 spiro atoms. The molecular formula is C16H25NO2. The van der Waals surface area contributed by atoms with E-state index in [0.29, 0.717) is 6.61 Å². The van der Waals surface area contributed by atoms with E-state index in [9.17, 15) is 4.79 Å². The summed E-state index contributed by atoms with van der Waals surface area (Å²) in [7, 11) is 0. The number of ether oxygens (including phenoxy) is 1. The second-order valence-electron chi connectivity index (χ2n) is 4.84. The van der Waals surface area contributed by atoms with Crippen LogP contribution < -0.4 is 5.32 Å². The van der Waals surface area contributed by atoms with E-state index in [2.05, 4.69) is 38.2 Å². The highest BCUT2D eigenvalue weighted by Crippen LogP contribution is 2.18. The lowest BCUT2D eigenvalue weighted by Crippen LogP contribution is -2.39. The first-order valence-corrected chi connectivity index (χ1v) is 7.08. The minimum atomic E-state index is -0.223. The van der Waals surface area contributed by atoms with Crippen LogP contribution in [-0.4, -0.2) is 18.6 Å². The maximum Gasteiger partial charge on any atom is 0.323 e. The number of hydrogen-bond acceptors (Lipinski definition) is 3. The zero-order valence-electron chi connectivity index (χ0n) is 12.4. The van der Waals surface area contributed by atoms with Crippen LogP contribution in [0, 0.1) is 6.92 Å². The Morgan fingerprint density at radius 2 is 2.00 bits per heavy atom. The van der Waals surface area contributed by atoms with E-state index in [1.165, 1.54) is 11.1 Å². The minimum absolute atomic E-state index is 0.141. The molecule has 0 aromatic heterocycles. The first-order valence-electron chi connectivity index (χ1n) is 7.08. The van der Waals surface area contributed by atoms with E-state index in [1.54, 1.807) is 0 Å². The van der Waals surface area contributed by atoms with Crippen LogP contribution in [0.25, 0.3) is 0 Å². The summed E-state index contributed by atoms with van der Waals surface area (Å²) in [5.41, 5.74) is 2.47. The lowest BCUT2D eigenvalue weighted by atomic mass is 10.0. The predicted octanol–water partition coefficient (Wildman–Crippen LogP) is 3.38. The van der Waals surface area contributed by atoms with Gasteiger partial charge in [-0.3, -0.25) is 10.1 Å². The normalized spacial score (nSPS) is 13.9. The first-order chi connectivity index (χ1) is 9.10. The Kier molecular flexibility index (Phi) is 6.57. The van der Waals surface area contributed by atoms with E-state index in [4.69, 9.17) is 4.74 Å². The van der Waals surface area contributed by atoms with Crippen LogP contribution >= 0.6 is 0 Å². The van der Waals surface area contributed by atoms with Gasteiger partial charge in [0, 0.05) is 6.04 Å². The van der Waals surface area contributed by atoms with Crippen LogP contribution in [0.2, 0.25) is 0 Å². The third kappa shape index (κ3) is 4.67. The van der Waals surface area contributed by atoms with Gasteiger partial charge in [-0.2, -0.15) is 0 Å². The van der Waals surface area contributed by atoms with Gasteiger partial charge >= 0.3 is 5.97 Å². The minimum Gasteiger partial charge on any atom is -0.465 e. The molecule has 3 nitrogen and oxygen atoms in total. The third-order valence-electron chi connectivity index (χ3n) is 3.25. The number of hydrogen-bond donors (Lipinski definition) is 1. The standard InChI is InChI=1S/C16H25NO2/c1-5-9-15(16(18)19-6-2)17-13(4)14-11-8-7-10-12(14)3/h7-8,10-11,13,15,17H,5-6,9H2,1-4H3/t13-,15?/m1/s1. The maximum atomic E-state index is 11.9. The Balaban J connectivity index is 2.73. The molecule has 19 heavy (non-hydrogen) atoms. The van der Waals surface area contributed by atoms with E-state index in [-0.39, 0.29) is 18.1 Å². The molecule has 0 bridgehead atoms. The molecule has 0 aliphatic rings. The van der Waals surface area contributed by atoms with Crippen molar-refractivity contribution in [1.29, 1.82) is 0 Å². The average Bonchev–Trinajstić information content (AvgIpc) is 2.39. The Morgan fingerprint density at radius 3 is 2.58 bits per heavy atom. The van der Waals surface area contributed by atoms with E-state index < -0.39 is 0 Å². The summed E-state index contributed by atoms with van der Waals surface area (Å²) in [6, 6.07) is 8.16. The second-order valence-corrected chi connectivity index (χ2v) is 4.84. The fourth-order valence-electron chi connectivity index (χ4n) is 2.26. The molecule has 1 aromatic rings. The number of aryl methyl sites for hydroxylation is 1. The Bertz CT molecular complexity index is 403. The van der Waals surface area contributed by atoms with Crippen LogP contribution in [0.4, 0.5) is 0 Å². The monoisotopic (exact) mass is 263 g/mol. The molecular weight excluding hydrogens is 238 g/mol. The van der Waals surface area contributed by atoms with Gasteiger partial charge in [0.1, 0.15) is 6.04 Å². The first kappa shape index (κ1) is 15.7. The summed E-state index contributed by atoms with van der Waals surface area (Å²) in [6.45, 7) is 8.52. The molecule has 0 amide bonds. The van der Waals surface area contributed by atoms with Crippen molar-refractivity contribution in [2.75, 3.05) is 6.61 Å². The van der Waals surface area contributed by atoms with Crippen LogP contribution in [0.1, 0.15) is 50.8 Å². The van der Waals surface area contributed by atoms with Crippen molar-refractivity contribution in [3.05, 3.63) is 35.4 Å². The number of rotatable bonds is 7. The van der Waals surface area contributed by atoms with Crippen LogP contribution in [0.3, 0.4) is 0 Å². The van der Waals surface area contributed by atoms with Crippen molar-refractivity contribution in [2.24, 2.45) is 0 Å². The van der Waals surface area contributed by atoms with Crippen molar-refractivity contribution < 1.29 is 9.53 Å². The van der Waals surface area contributed by atoms with Crippen LogP contribution in [0.15, 0.2) is 24.3 Å². The van der Waals surface area contributed by atoms with Gasteiger partial charge in [-0.15, -0.1) is 0 Å². The molecule has 1 unspecified atom stereocenters. The SMILES string of the molecule is CCCC(N[C@H](C)c1ccccc1C)C(=O)OCC. The summed E-state index contributed by atoms with van der Waals surface area (Å²) in [4.78, 5) is 11.9. The van der Waals surface area contributed by atoms with Crippen molar-refractivity contribution in [3.63, 3.8) is 0 Å². The van der Waals surface area contributed by atoms with Gasteiger partial charge < -0.3 is 4.74 Å². The van der Waals surface area contributed by atoms with Crippen molar-refractivity contribution in [2.45, 2.75) is 52.6 Å². The van der Waals surface area contributed by atoms with E-state index in [0.717, 1.165) is 12.8 Å². The van der Waals surface area contributed by atoms with E-state index in [1.807, 2.05) is 19.1 Å². The molecule has 1 N–H and O–H groups in total. The second kappa shape index (κ2) is 7.95. The fraction of sp³-hybridized carbons (Fsp3) is 0.562. The van der Waals surface area contributed by atoms with Gasteiger partial charge in [-0.1, -0.05) is 37.6 Å². The third-order valence-corrected chi connectivity index (χ3v) is 3.25. The number of nitrogens with one attached hydrogen (secondary N) is 1. The van der Waals surface area contributed by atoms with Gasteiger partial charge in [0.05, 0.1) is 6.61 Å². The smallest absolute Gasteiger partial charge is 0.323 e. The van der Waals surface area contributed by atoms with Crippen LogP contribution in [0.5, 0.6) is 0 Å². The molecule has 0 saturated carbocycles. The van der Waals surface area contributed by atoms with Crippen molar-refractivity contribution in [3.8, 4) is 0 Å². The van der Waals surface area contributed by atoms with Gasteiger partial charge in [-0.05, 0) is 38.3 Å². The highest BCUT2D eigenvalue weighted by atomic mass is 16.5. The van der Waals surface area contributed by atoms with E-state index >= 15 is 0 Å². The zero-order valence-corrected chi connectivity index (χ0v) is 12.4. The molecule has 0 saturated heterocycles. The highest BCUT2D eigenvalue weighted by molar-refractivity contribution is 5.75. The summed E-state index contributed by atoms with van der Waals surface area (Å²) in [5, 5.41) is 3.39. The summed E-state index contributed by atoms with van der Waals surface area (Å²) in [5.74, 6) is -0.148. The van der Waals surface area contributed by atoms with Gasteiger partial charge in [-0.25, -0.2) is 0 Å². The average molecular weight is 263 g/mol. The largest absolute Gasteiger partial charge is 0.465 e. The molecule has 0 heterocycles. The number of carbonyl (C=O) groups is 1. The summed E-state index contributed by atoms with van der Waals surface area (Å²) >= 11 is 0. The summed E-state index contributed by atoms with van der Waals surface area (Å²) < 4.78 is 5.12. The number of carbonyl (C=O) groups excluding carboxylic acids is 1. The molecule has 1 rings (SSSR count). The lowest BCUT2D eigenvalue weighted by molar-refractivity contribution is -0.146. The lowest BCUT2D eigenvalue weighted by Gasteiger charge is -2.23. The van der Waals surface area contributed by atoms with Gasteiger partial charge in [0.25, 0.3) is 0 Å². The highest BCUT2D eigenvalue weighted by Gasteiger charge is 2.21. The molecule has 106 valence electrons. The number of esters is 1. The Hall–Kier alpha value is -1.35. The molecule has 0 radical (unpaired) electrons. The van der Waals surface area contributed by atoms with Crippen LogP contribution in [-0.2, 0) is 9.53 Å². The number of benzene rings is 1. The molecule has 0 aliphatic carbocycles. The predicted molar refractivity (Wildman–Crippen MR) is 78.1 cm³/mol. The maximum absolute atomic E-state index is 11.9. The summed E-state index contributed by atoms with van der Waals surface area (Å²) in [6.07, 6.45) is 1.76. The zero-order chi connectivity index (χ0) is 14.3. The quantitative estimate of drug-likeness (QED) is 0.766. The van der Waals surface area contributed by atoms with Crippen molar-refractivity contribution in [1.82, 2.24) is 5.32 Å². The molecule has 0 fully saturated rings. The molecule has 3 heteroatoms. The Morgan fingerprint density at radius 1 is 1.32 bits per heavy atom. The molecule has 2 atom stereocenters. The van der Waals surface area contributed by atoms with Gasteiger partial charge in [0.2, 0.25) is 0 Å². The topological polar surface area (TPSA) is 38.3 Å².